The van der Waals surface area contributed by atoms with E-state index < -0.39 is 17.5 Å². The molecule has 0 radical (unpaired) electrons. The van der Waals surface area contributed by atoms with Crippen molar-refractivity contribution in [3.63, 3.8) is 0 Å². The van der Waals surface area contributed by atoms with E-state index >= 15 is 0 Å². The van der Waals surface area contributed by atoms with E-state index in [0.717, 1.165) is 25.0 Å². The topological polar surface area (TPSA) is 29.1 Å². The fourth-order valence-corrected chi connectivity index (χ4v) is 2.13. The molecule has 1 aliphatic carbocycles. The van der Waals surface area contributed by atoms with Gasteiger partial charge in [-0.25, -0.2) is 8.78 Å². The Kier molecular flexibility index (Phi) is 2.97. The van der Waals surface area contributed by atoms with Gasteiger partial charge in [0.25, 0.3) is 5.91 Å². The maximum Gasteiger partial charge on any atom is 0.254 e. The van der Waals surface area contributed by atoms with Gasteiger partial charge in [0.15, 0.2) is 0 Å². The van der Waals surface area contributed by atoms with Gasteiger partial charge in [-0.15, -0.1) is 0 Å². The molecule has 0 aliphatic heterocycles. The number of hydrogen-bond acceptors (Lipinski definition) is 1. The van der Waals surface area contributed by atoms with Crippen LogP contribution < -0.4 is 5.32 Å². The fraction of sp³-hybridized carbons (Fsp3) is 0.364. The summed E-state index contributed by atoms with van der Waals surface area (Å²) in [5.41, 5.74) is -0.355. The molecule has 1 amide bonds. The van der Waals surface area contributed by atoms with Crippen LogP contribution in [-0.4, -0.2) is 16.8 Å². The summed E-state index contributed by atoms with van der Waals surface area (Å²) in [6, 6.07) is 2.94. The highest BCUT2D eigenvalue weighted by atomic mass is 79.9. The molecule has 16 heavy (non-hydrogen) atoms. The summed E-state index contributed by atoms with van der Waals surface area (Å²) < 4.78 is 25.9. The van der Waals surface area contributed by atoms with Crippen LogP contribution in [0.25, 0.3) is 0 Å². The van der Waals surface area contributed by atoms with E-state index in [0.29, 0.717) is 11.4 Å². The average Bonchev–Trinajstić information content (AvgIpc) is 2.98. The van der Waals surface area contributed by atoms with E-state index in [1.807, 2.05) is 0 Å². The fourth-order valence-electron chi connectivity index (χ4n) is 1.42. The lowest BCUT2D eigenvalue weighted by Crippen LogP contribution is -2.38. The van der Waals surface area contributed by atoms with Gasteiger partial charge in [-0.3, -0.25) is 4.79 Å². The van der Waals surface area contributed by atoms with Gasteiger partial charge >= 0.3 is 0 Å². The minimum Gasteiger partial charge on any atom is -0.346 e. The van der Waals surface area contributed by atoms with Crippen LogP contribution in [0.15, 0.2) is 18.2 Å². The van der Waals surface area contributed by atoms with Gasteiger partial charge in [0.2, 0.25) is 0 Å². The van der Waals surface area contributed by atoms with Gasteiger partial charge in [0, 0.05) is 11.4 Å². The first-order valence-corrected chi connectivity index (χ1v) is 6.02. The summed E-state index contributed by atoms with van der Waals surface area (Å²) in [7, 11) is 0. The number of carbonyl (C=O) groups excluding carboxylic acids is 1. The Morgan fingerprint density at radius 2 is 2.12 bits per heavy atom. The Bertz CT molecular complexity index is 432. The number of alkyl halides is 1. The van der Waals surface area contributed by atoms with Crippen molar-refractivity contribution in [2.24, 2.45) is 0 Å². The van der Waals surface area contributed by atoms with Crippen molar-refractivity contribution in [3.05, 3.63) is 35.4 Å². The molecule has 0 spiro atoms. The molecule has 1 aliphatic rings. The second kappa shape index (κ2) is 4.13. The SMILES string of the molecule is O=C(NC1(CBr)CC1)c1ccc(F)cc1F. The Hall–Kier alpha value is -0.970. The number of carbonyl (C=O) groups is 1. The molecule has 0 unspecified atom stereocenters. The van der Waals surface area contributed by atoms with E-state index in [9.17, 15) is 13.6 Å². The maximum atomic E-state index is 13.3. The number of amides is 1. The van der Waals surface area contributed by atoms with E-state index in [4.69, 9.17) is 0 Å². The zero-order valence-corrected chi connectivity index (χ0v) is 9.98. The van der Waals surface area contributed by atoms with Gasteiger partial charge in [-0.05, 0) is 25.0 Å². The van der Waals surface area contributed by atoms with E-state index in [1.165, 1.54) is 0 Å². The molecular weight excluding hydrogens is 280 g/mol. The first kappa shape index (κ1) is 11.5. The molecule has 2 rings (SSSR count). The summed E-state index contributed by atoms with van der Waals surface area (Å²) >= 11 is 3.30. The molecule has 1 fully saturated rings. The van der Waals surface area contributed by atoms with Crippen molar-refractivity contribution in [1.29, 1.82) is 0 Å². The second-order valence-electron chi connectivity index (χ2n) is 3.99. The number of hydrogen-bond donors (Lipinski definition) is 1. The van der Waals surface area contributed by atoms with E-state index in [1.54, 1.807) is 0 Å². The third kappa shape index (κ3) is 2.24. The van der Waals surface area contributed by atoms with Crippen LogP contribution in [0.1, 0.15) is 23.2 Å². The van der Waals surface area contributed by atoms with Crippen LogP contribution in [0.5, 0.6) is 0 Å². The lowest BCUT2D eigenvalue weighted by atomic mass is 10.1. The summed E-state index contributed by atoms with van der Waals surface area (Å²) in [4.78, 5) is 11.7. The van der Waals surface area contributed by atoms with Crippen LogP contribution in [0, 0.1) is 11.6 Å². The minimum atomic E-state index is -0.831. The zero-order chi connectivity index (χ0) is 11.8. The Balaban J connectivity index is 2.15. The van der Waals surface area contributed by atoms with Crippen LogP contribution in [-0.2, 0) is 0 Å². The predicted octanol–water partition coefficient (Wildman–Crippen LogP) is 2.62. The van der Waals surface area contributed by atoms with Crippen molar-refractivity contribution in [1.82, 2.24) is 5.32 Å². The molecule has 0 aromatic heterocycles. The number of benzene rings is 1. The molecule has 1 N–H and O–H groups in total. The van der Waals surface area contributed by atoms with Gasteiger partial charge in [0.05, 0.1) is 11.1 Å². The van der Waals surface area contributed by atoms with Crippen LogP contribution in [0.3, 0.4) is 0 Å². The lowest BCUT2D eigenvalue weighted by molar-refractivity contribution is 0.0932. The van der Waals surface area contributed by atoms with Crippen LogP contribution in [0.4, 0.5) is 8.78 Å². The summed E-state index contributed by atoms with van der Waals surface area (Å²) in [6.45, 7) is 0. The van der Waals surface area contributed by atoms with Crippen LogP contribution in [0.2, 0.25) is 0 Å². The lowest BCUT2D eigenvalue weighted by Gasteiger charge is -2.14. The molecular formula is C11H10BrF2NO. The van der Waals surface area contributed by atoms with Gasteiger partial charge in [0.1, 0.15) is 11.6 Å². The molecule has 0 saturated heterocycles. The number of halogens is 3. The summed E-state index contributed by atoms with van der Waals surface area (Å²) in [6.07, 6.45) is 1.76. The molecule has 1 saturated carbocycles. The number of rotatable bonds is 3. The monoisotopic (exact) mass is 289 g/mol. The zero-order valence-electron chi connectivity index (χ0n) is 8.40. The standard InChI is InChI=1S/C11H10BrF2NO/c12-6-11(3-4-11)15-10(16)8-2-1-7(13)5-9(8)14/h1-2,5H,3-4,6H2,(H,15,16). The van der Waals surface area contributed by atoms with Crippen molar-refractivity contribution in [2.45, 2.75) is 18.4 Å². The molecule has 5 heteroatoms. The largest absolute Gasteiger partial charge is 0.346 e. The van der Waals surface area contributed by atoms with Crippen molar-refractivity contribution in [2.75, 3.05) is 5.33 Å². The number of nitrogens with one attached hydrogen (secondary N) is 1. The highest BCUT2D eigenvalue weighted by molar-refractivity contribution is 9.09. The molecule has 86 valence electrons. The molecule has 0 atom stereocenters. The molecule has 1 aromatic rings. The maximum absolute atomic E-state index is 13.3. The Labute approximate surface area is 100 Å². The molecule has 2 nitrogen and oxygen atoms in total. The second-order valence-corrected chi connectivity index (χ2v) is 4.55. The third-order valence-corrected chi connectivity index (χ3v) is 3.74. The molecule has 1 aromatic carbocycles. The summed E-state index contributed by atoms with van der Waals surface area (Å²) in [5, 5.41) is 3.39. The predicted molar refractivity (Wildman–Crippen MR) is 59.6 cm³/mol. The van der Waals surface area contributed by atoms with Gasteiger partial charge in [-0.2, -0.15) is 0 Å². The Morgan fingerprint density at radius 1 is 1.44 bits per heavy atom. The Morgan fingerprint density at radius 3 is 2.62 bits per heavy atom. The summed E-state index contributed by atoms with van der Waals surface area (Å²) in [5.74, 6) is -2.01. The molecule has 0 heterocycles. The highest BCUT2D eigenvalue weighted by Gasteiger charge is 2.43. The van der Waals surface area contributed by atoms with Crippen molar-refractivity contribution < 1.29 is 13.6 Å². The van der Waals surface area contributed by atoms with Crippen molar-refractivity contribution in [3.8, 4) is 0 Å². The normalized spacial score (nSPS) is 16.9. The van der Waals surface area contributed by atoms with Gasteiger partial charge in [-0.1, -0.05) is 15.9 Å². The first-order chi connectivity index (χ1) is 7.56. The smallest absolute Gasteiger partial charge is 0.254 e. The van der Waals surface area contributed by atoms with Gasteiger partial charge < -0.3 is 5.32 Å². The van der Waals surface area contributed by atoms with Crippen LogP contribution >= 0.6 is 15.9 Å². The molecule has 0 bridgehead atoms. The van der Waals surface area contributed by atoms with E-state index in [-0.39, 0.29) is 11.1 Å². The van der Waals surface area contributed by atoms with Crippen molar-refractivity contribution >= 4 is 21.8 Å². The third-order valence-electron chi connectivity index (χ3n) is 2.66. The highest BCUT2D eigenvalue weighted by Crippen LogP contribution is 2.37. The first-order valence-electron chi connectivity index (χ1n) is 4.90. The van der Waals surface area contributed by atoms with E-state index in [2.05, 4.69) is 21.2 Å². The minimum absolute atomic E-state index is 0.117. The quantitative estimate of drug-likeness (QED) is 0.852. The average molecular weight is 290 g/mol.